The molecule has 1 aliphatic heterocycles. The van der Waals surface area contributed by atoms with E-state index in [1.165, 1.54) is 16.3 Å². The SMILES string of the molecule is NC(=O)CN1CCC[C@@H]1c1cccc2ccccc12. The van der Waals surface area contributed by atoms with Crippen molar-refractivity contribution in [1.29, 1.82) is 0 Å². The van der Waals surface area contributed by atoms with Crippen LogP contribution in [0.25, 0.3) is 10.8 Å². The minimum Gasteiger partial charge on any atom is -0.369 e. The normalized spacial score (nSPS) is 19.9. The molecule has 2 aromatic rings. The van der Waals surface area contributed by atoms with Gasteiger partial charge in [0.1, 0.15) is 0 Å². The summed E-state index contributed by atoms with van der Waals surface area (Å²) in [4.78, 5) is 13.4. The highest BCUT2D eigenvalue weighted by molar-refractivity contribution is 5.86. The molecule has 2 aromatic carbocycles. The maximum Gasteiger partial charge on any atom is 0.231 e. The van der Waals surface area contributed by atoms with Crippen LogP contribution in [0.15, 0.2) is 42.5 Å². The summed E-state index contributed by atoms with van der Waals surface area (Å²) in [5.74, 6) is -0.243. The summed E-state index contributed by atoms with van der Waals surface area (Å²) in [7, 11) is 0. The predicted molar refractivity (Wildman–Crippen MR) is 76.7 cm³/mol. The van der Waals surface area contributed by atoms with Gasteiger partial charge >= 0.3 is 0 Å². The molecule has 1 atom stereocenters. The number of carbonyl (C=O) groups excluding carboxylic acids is 1. The molecule has 0 spiro atoms. The Morgan fingerprint density at radius 1 is 1.21 bits per heavy atom. The van der Waals surface area contributed by atoms with E-state index < -0.39 is 0 Å². The van der Waals surface area contributed by atoms with Crippen LogP contribution in [-0.2, 0) is 4.79 Å². The molecule has 0 aromatic heterocycles. The predicted octanol–water partition coefficient (Wildman–Crippen LogP) is 2.46. The van der Waals surface area contributed by atoms with E-state index in [1.807, 2.05) is 0 Å². The van der Waals surface area contributed by atoms with Crippen LogP contribution in [0.3, 0.4) is 0 Å². The number of carbonyl (C=O) groups is 1. The van der Waals surface area contributed by atoms with Crippen molar-refractivity contribution in [1.82, 2.24) is 4.90 Å². The second-order valence-corrected chi connectivity index (χ2v) is 5.16. The summed E-state index contributed by atoms with van der Waals surface area (Å²) < 4.78 is 0. The van der Waals surface area contributed by atoms with Gasteiger partial charge < -0.3 is 5.73 Å². The molecule has 1 amide bonds. The Balaban J connectivity index is 2.01. The highest BCUT2D eigenvalue weighted by atomic mass is 16.1. The van der Waals surface area contributed by atoms with E-state index in [2.05, 4.69) is 47.4 Å². The monoisotopic (exact) mass is 254 g/mol. The fraction of sp³-hybridized carbons (Fsp3) is 0.312. The molecule has 3 rings (SSSR count). The third-order valence-corrected chi connectivity index (χ3v) is 3.90. The number of hydrogen-bond donors (Lipinski definition) is 1. The Morgan fingerprint density at radius 2 is 2.00 bits per heavy atom. The van der Waals surface area contributed by atoms with Crippen LogP contribution in [-0.4, -0.2) is 23.9 Å². The standard InChI is InChI=1S/C16H18N2O/c17-16(19)11-18-10-4-9-15(18)14-8-3-6-12-5-1-2-7-13(12)14/h1-3,5-8,15H,4,9-11H2,(H2,17,19)/t15-/m1/s1. The number of benzene rings is 2. The first-order valence-corrected chi connectivity index (χ1v) is 6.76. The van der Waals surface area contributed by atoms with Crippen LogP contribution >= 0.6 is 0 Å². The summed E-state index contributed by atoms with van der Waals surface area (Å²) in [6.45, 7) is 1.31. The van der Waals surface area contributed by atoms with Gasteiger partial charge in [0.2, 0.25) is 5.91 Å². The molecule has 1 heterocycles. The van der Waals surface area contributed by atoms with Crippen LogP contribution in [0, 0.1) is 0 Å². The molecule has 0 bridgehead atoms. The van der Waals surface area contributed by atoms with Gasteiger partial charge in [0, 0.05) is 6.04 Å². The fourth-order valence-electron chi connectivity index (χ4n) is 3.11. The van der Waals surface area contributed by atoms with Gasteiger partial charge in [-0.3, -0.25) is 9.69 Å². The van der Waals surface area contributed by atoms with Crippen molar-refractivity contribution >= 4 is 16.7 Å². The fourth-order valence-corrected chi connectivity index (χ4v) is 3.11. The highest BCUT2D eigenvalue weighted by Gasteiger charge is 2.27. The second-order valence-electron chi connectivity index (χ2n) is 5.16. The van der Waals surface area contributed by atoms with Crippen LogP contribution in [0.5, 0.6) is 0 Å². The van der Waals surface area contributed by atoms with E-state index in [4.69, 9.17) is 5.73 Å². The summed E-state index contributed by atoms with van der Waals surface area (Å²) >= 11 is 0. The quantitative estimate of drug-likeness (QED) is 0.914. The van der Waals surface area contributed by atoms with Crippen LogP contribution in [0.4, 0.5) is 0 Å². The van der Waals surface area contributed by atoms with Gasteiger partial charge in [-0.25, -0.2) is 0 Å². The van der Waals surface area contributed by atoms with E-state index in [9.17, 15) is 4.79 Å². The Morgan fingerprint density at radius 3 is 2.84 bits per heavy atom. The number of fused-ring (bicyclic) bond motifs is 1. The lowest BCUT2D eigenvalue weighted by Gasteiger charge is -2.24. The van der Waals surface area contributed by atoms with Gasteiger partial charge in [-0.05, 0) is 35.7 Å². The molecular formula is C16H18N2O. The van der Waals surface area contributed by atoms with Crippen molar-refractivity contribution in [2.24, 2.45) is 5.73 Å². The summed E-state index contributed by atoms with van der Waals surface area (Å²) in [6.07, 6.45) is 2.22. The number of rotatable bonds is 3. The molecule has 19 heavy (non-hydrogen) atoms. The van der Waals surface area contributed by atoms with Gasteiger partial charge in [0.25, 0.3) is 0 Å². The zero-order valence-corrected chi connectivity index (χ0v) is 10.9. The van der Waals surface area contributed by atoms with Gasteiger partial charge in [0.15, 0.2) is 0 Å². The molecule has 0 radical (unpaired) electrons. The van der Waals surface area contributed by atoms with Gasteiger partial charge in [-0.15, -0.1) is 0 Å². The maximum atomic E-state index is 11.2. The van der Waals surface area contributed by atoms with Crippen LogP contribution < -0.4 is 5.73 Å². The van der Waals surface area contributed by atoms with Crippen LogP contribution in [0.1, 0.15) is 24.4 Å². The number of primary amides is 1. The minimum absolute atomic E-state index is 0.243. The first-order valence-electron chi connectivity index (χ1n) is 6.76. The molecule has 3 heteroatoms. The molecule has 98 valence electrons. The molecule has 1 saturated heterocycles. The van der Waals surface area contributed by atoms with E-state index in [-0.39, 0.29) is 5.91 Å². The Kier molecular flexibility index (Phi) is 3.22. The van der Waals surface area contributed by atoms with E-state index >= 15 is 0 Å². The van der Waals surface area contributed by atoms with Crippen molar-refractivity contribution in [2.75, 3.05) is 13.1 Å². The number of amides is 1. The van der Waals surface area contributed by atoms with Crippen molar-refractivity contribution in [3.8, 4) is 0 Å². The van der Waals surface area contributed by atoms with Crippen molar-refractivity contribution in [3.63, 3.8) is 0 Å². The third kappa shape index (κ3) is 2.34. The number of nitrogens with zero attached hydrogens (tertiary/aromatic N) is 1. The third-order valence-electron chi connectivity index (χ3n) is 3.90. The largest absolute Gasteiger partial charge is 0.369 e. The van der Waals surface area contributed by atoms with E-state index in [0.29, 0.717) is 12.6 Å². The smallest absolute Gasteiger partial charge is 0.231 e. The Hall–Kier alpha value is -1.87. The van der Waals surface area contributed by atoms with E-state index in [0.717, 1.165) is 19.4 Å². The average molecular weight is 254 g/mol. The van der Waals surface area contributed by atoms with Crippen molar-refractivity contribution in [2.45, 2.75) is 18.9 Å². The van der Waals surface area contributed by atoms with Gasteiger partial charge in [-0.1, -0.05) is 42.5 Å². The Labute approximate surface area is 113 Å². The van der Waals surface area contributed by atoms with Gasteiger partial charge in [-0.2, -0.15) is 0 Å². The zero-order valence-electron chi connectivity index (χ0n) is 10.9. The molecule has 1 aliphatic rings. The summed E-state index contributed by atoms with van der Waals surface area (Å²) in [5.41, 5.74) is 6.66. The number of likely N-dealkylation sites (tertiary alicyclic amines) is 1. The lowest BCUT2D eigenvalue weighted by molar-refractivity contribution is -0.119. The highest BCUT2D eigenvalue weighted by Crippen LogP contribution is 2.35. The van der Waals surface area contributed by atoms with E-state index in [1.54, 1.807) is 0 Å². The van der Waals surface area contributed by atoms with Crippen molar-refractivity contribution in [3.05, 3.63) is 48.0 Å². The topological polar surface area (TPSA) is 46.3 Å². The molecule has 2 N–H and O–H groups in total. The average Bonchev–Trinajstić information content (AvgIpc) is 2.85. The lowest BCUT2D eigenvalue weighted by atomic mass is 9.97. The number of hydrogen-bond acceptors (Lipinski definition) is 2. The number of nitrogens with two attached hydrogens (primary N) is 1. The first kappa shape index (κ1) is 12.2. The van der Waals surface area contributed by atoms with Gasteiger partial charge in [0.05, 0.1) is 6.54 Å². The summed E-state index contributed by atoms with van der Waals surface area (Å²) in [6, 6.07) is 15.1. The Bertz CT molecular complexity index is 603. The molecule has 0 unspecified atom stereocenters. The van der Waals surface area contributed by atoms with Crippen LogP contribution in [0.2, 0.25) is 0 Å². The molecule has 0 saturated carbocycles. The zero-order chi connectivity index (χ0) is 13.2. The maximum absolute atomic E-state index is 11.2. The van der Waals surface area contributed by atoms with Crippen molar-refractivity contribution < 1.29 is 4.79 Å². The second kappa shape index (κ2) is 5.02. The molecule has 3 nitrogen and oxygen atoms in total. The molecule has 1 fully saturated rings. The molecular weight excluding hydrogens is 236 g/mol. The molecule has 0 aliphatic carbocycles. The minimum atomic E-state index is -0.243. The summed E-state index contributed by atoms with van der Waals surface area (Å²) in [5, 5.41) is 2.54. The first-order chi connectivity index (χ1) is 9.25. The lowest BCUT2D eigenvalue weighted by Crippen LogP contribution is -2.33.